The second-order valence-electron chi connectivity index (χ2n) is 17.6. The van der Waals surface area contributed by atoms with Crippen LogP contribution in [-0.4, -0.2) is 123 Å². The summed E-state index contributed by atoms with van der Waals surface area (Å²) in [4.78, 5) is 36.2. The first-order chi connectivity index (χ1) is 23.3. The van der Waals surface area contributed by atoms with Crippen molar-refractivity contribution in [1.29, 1.82) is 0 Å². The van der Waals surface area contributed by atoms with E-state index in [1.165, 1.54) is 6.42 Å². The summed E-state index contributed by atoms with van der Waals surface area (Å²) in [5.74, 6) is 2.02. The predicted molar refractivity (Wildman–Crippen MR) is 186 cm³/mol. The van der Waals surface area contributed by atoms with Gasteiger partial charge < -0.3 is 35.2 Å². The first kappa shape index (κ1) is 37.4. The van der Waals surface area contributed by atoms with Crippen molar-refractivity contribution in [3.05, 3.63) is 0 Å². The van der Waals surface area contributed by atoms with E-state index in [-0.39, 0.29) is 54.4 Å². The van der Waals surface area contributed by atoms with E-state index in [1.807, 2.05) is 14.1 Å². The first-order valence-electron chi connectivity index (χ1n) is 19.4. The molecule has 280 valence electrons. The van der Waals surface area contributed by atoms with E-state index >= 15 is 0 Å². The maximum absolute atomic E-state index is 14.2. The van der Waals surface area contributed by atoms with Crippen molar-refractivity contribution in [2.75, 3.05) is 54.1 Å². The van der Waals surface area contributed by atoms with E-state index in [2.05, 4.69) is 36.3 Å². The lowest BCUT2D eigenvalue weighted by atomic mass is 9.45. The van der Waals surface area contributed by atoms with E-state index in [0.717, 1.165) is 58.1 Å². The Morgan fingerprint density at radius 1 is 1.08 bits per heavy atom. The lowest BCUT2D eigenvalue weighted by molar-refractivity contribution is -0.193. The van der Waals surface area contributed by atoms with Crippen LogP contribution in [0.5, 0.6) is 0 Å². The molecule has 49 heavy (non-hydrogen) atoms. The van der Waals surface area contributed by atoms with Gasteiger partial charge in [0.05, 0.1) is 30.8 Å². The van der Waals surface area contributed by atoms with E-state index < -0.39 is 24.2 Å². The molecule has 0 radical (unpaired) electrons. The van der Waals surface area contributed by atoms with E-state index in [4.69, 9.17) is 14.3 Å². The summed E-state index contributed by atoms with van der Waals surface area (Å²) in [6.45, 7) is 11.1. The van der Waals surface area contributed by atoms with Crippen molar-refractivity contribution in [1.82, 2.24) is 20.6 Å². The Morgan fingerprint density at radius 3 is 2.51 bits per heavy atom. The average molecular weight is 691 g/mol. The standard InChI is InChI=1S/C38H66N4O7/c1-21-29-17-26(38(29,3)4)18-30(21)40-37(46)33-32(22(2)44)31(20-43)49-42(33)19-24-9-8-10-27(34(24)47-7)25-15-23-11-14-48-35(23)28(16-25)36(45)39-12-13-41(5)6/h21-35,43-44H,8-20H2,1-7H3,(H,39,45)(H,40,46)/t21-,22-,23?,24?,25?,26+,27?,28?,29-,30-,31-,32+,33-,34?,35?/m0/s1. The van der Waals surface area contributed by atoms with Gasteiger partial charge in [0.2, 0.25) is 11.8 Å². The Labute approximate surface area is 294 Å². The van der Waals surface area contributed by atoms with Gasteiger partial charge in [-0.15, -0.1) is 0 Å². The molecule has 0 spiro atoms. The SMILES string of the molecule is COC1C(CN2O[C@@H](CO)[C@@H]([C@H](C)O)[C@H]2C(=O)N[C@H]2C[C@H]3C[C@@H]([C@@H]2C)C3(C)C)CCCC1C1CC2CCOC2C(C(=O)NCCN(C)C)C1. The maximum Gasteiger partial charge on any atom is 0.240 e. The summed E-state index contributed by atoms with van der Waals surface area (Å²) in [5.41, 5.74) is 0.319. The van der Waals surface area contributed by atoms with Crippen LogP contribution in [0.4, 0.5) is 0 Å². The Morgan fingerprint density at radius 2 is 1.86 bits per heavy atom. The second-order valence-corrected chi connectivity index (χ2v) is 17.6. The van der Waals surface area contributed by atoms with Gasteiger partial charge in [0.15, 0.2) is 0 Å². The molecule has 0 aromatic rings. The van der Waals surface area contributed by atoms with Gasteiger partial charge in [-0.25, -0.2) is 0 Å². The average Bonchev–Trinajstić information content (AvgIpc) is 3.69. The summed E-state index contributed by atoms with van der Waals surface area (Å²) in [5, 5.41) is 29.7. The third-order valence-corrected chi connectivity index (χ3v) is 14.4. The number of aliphatic hydroxyl groups is 2. The van der Waals surface area contributed by atoms with Crippen LogP contribution >= 0.6 is 0 Å². The predicted octanol–water partition coefficient (Wildman–Crippen LogP) is 2.69. The number of carbonyl (C=O) groups is 2. The topological polar surface area (TPSA) is 133 Å². The minimum atomic E-state index is -0.823. The molecule has 7 fully saturated rings. The fraction of sp³-hybridized carbons (Fsp3) is 0.947. The highest BCUT2D eigenvalue weighted by Crippen LogP contribution is 2.61. The number of hydrogen-bond acceptors (Lipinski definition) is 9. The third kappa shape index (κ3) is 7.33. The smallest absolute Gasteiger partial charge is 0.240 e. The number of methoxy groups -OCH3 is 1. The Kier molecular flexibility index (Phi) is 11.7. The van der Waals surface area contributed by atoms with Gasteiger partial charge in [-0.05, 0) is 107 Å². The zero-order valence-electron chi connectivity index (χ0n) is 31.2. The fourth-order valence-corrected chi connectivity index (χ4v) is 11.5. The number of aliphatic hydroxyl groups excluding tert-OH is 2. The van der Waals surface area contributed by atoms with Crippen LogP contribution in [0.1, 0.15) is 79.1 Å². The van der Waals surface area contributed by atoms with Crippen LogP contribution in [-0.2, 0) is 23.9 Å². The number of ether oxygens (including phenoxy) is 2. The lowest BCUT2D eigenvalue weighted by Crippen LogP contribution is -2.62. The summed E-state index contributed by atoms with van der Waals surface area (Å²) < 4.78 is 12.5. The monoisotopic (exact) mass is 690 g/mol. The normalized spacial score (nSPS) is 43.9. The van der Waals surface area contributed by atoms with Crippen molar-refractivity contribution < 1.29 is 34.1 Å². The van der Waals surface area contributed by atoms with Crippen molar-refractivity contribution in [3.63, 3.8) is 0 Å². The third-order valence-electron chi connectivity index (χ3n) is 14.4. The summed E-state index contributed by atoms with van der Waals surface area (Å²) >= 11 is 0. The zero-order chi connectivity index (χ0) is 35.2. The summed E-state index contributed by atoms with van der Waals surface area (Å²) in [6, 6.07) is -0.600. The minimum absolute atomic E-state index is 0.00932. The van der Waals surface area contributed by atoms with Crippen molar-refractivity contribution in [3.8, 4) is 0 Å². The van der Waals surface area contributed by atoms with Gasteiger partial charge in [0, 0.05) is 51.2 Å². The van der Waals surface area contributed by atoms with Gasteiger partial charge in [-0.2, -0.15) is 5.06 Å². The van der Waals surface area contributed by atoms with Gasteiger partial charge in [-0.3, -0.25) is 14.4 Å². The van der Waals surface area contributed by atoms with Crippen LogP contribution in [0.2, 0.25) is 0 Å². The molecule has 7 unspecified atom stereocenters. The number of carbonyl (C=O) groups excluding carboxylic acids is 2. The summed E-state index contributed by atoms with van der Waals surface area (Å²) in [7, 11) is 5.83. The van der Waals surface area contributed by atoms with E-state index in [1.54, 1.807) is 19.1 Å². The van der Waals surface area contributed by atoms with Gasteiger partial charge in [0.1, 0.15) is 12.1 Å². The largest absolute Gasteiger partial charge is 0.394 e. The van der Waals surface area contributed by atoms with E-state index in [0.29, 0.717) is 48.1 Å². The molecule has 2 aliphatic heterocycles. The molecule has 15 atom stereocenters. The van der Waals surface area contributed by atoms with Crippen LogP contribution in [0.15, 0.2) is 0 Å². The van der Waals surface area contributed by atoms with E-state index in [9.17, 15) is 19.8 Å². The molecule has 2 bridgehead atoms. The number of rotatable bonds is 12. The molecule has 2 amide bonds. The molecule has 5 saturated carbocycles. The number of fused-ring (bicyclic) bond motifs is 3. The first-order valence-corrected chi connectivity index (χ1v) is 19.4. The molecule has 7 rings (SSSR count). The second kappa shape index (κ2) is 15.3. The number of amides is 2. The minimum Gasteiger partial charge on any atom is -0.394 e. The summed E-state index contributed by atoms with van der Waals surface area (Å²) in [6.07, 6.45) is 6.55. The van der Waals surface area contributed by atoms with Crippen LogP contribution in [0, 0.1) is 58.7 Å². The number of hydroxylamine groups is 2. The van der Waals surface area contributed by atoms with Gasteiger partial charge in [0.25, 0.3) is 0 Å². The highest BCUT2D eigenvalue weighted by molar-refractivity contribution is 5.83. The molecular formula is C38H66N4O7. The van der Waals surface area contributed by atoms with Crippen molar-refractivity contribution in [2.45, 2.75) is 116 Å². The van der Waals surface area contributed by atoms with Crippen LogP contribution in [0.25, 0.3) is 0 Å². The van der Waals surface area contributed by atoms with Gasteiger partial charge >= 0.3 is 0 Å². The molecule has 2 heterocycles. The van der Waals surface area contributed by atoms with Crippen molar-refractivity contribution in [2.24, 2.45) is 58.7 Å². The molecule has 5 aliphatic carbocycles. The molecule has 0 aromatic heterocycles. The molecule has 4 N–H and O–H groups in total. The van der Waals surface area contributed by atoms with Gasteiger partial charge in [-0.1, -0.05) is 27.2 Å². The molecule has 7 aliphatic rings. The maximum atomic E-state index is 14.2. The molecule has 11 nitrogen and oxygen atoms in total. The number of nitrogens with zero attached hydrogens (tertiary/aromatic N) is 2. The Hall–Kier alpha value is -1.34. The number of hydrogen-bond donors (Lipinski definition) is 4. The Bertz CT molecular complexity index is 1150. The highest BCUT2D eigenvalue weighted by atomic mass is 16.7. The highest BCUT2D eigenvalue weighted by Gasteiger charge is 2.58. The Balaban J connectivity index is 1.16. The number of nitrogens with one attached hydrogen (secondary N) is 2. The zero-order valence-corrected chi connectivity index (χ0v) is 31.2. The lowest BCUT2D eigenvalue weighted by Gasteiger charge is -2.62. The molecule has 2 saturated heterocycles. The van der Waals surface area contributed by atoms with Crippen LogP contribution in [0.3, 0.4) is 0 Å². The fourth-order valence-electron chi connectivity index (χ4n) is 11.5. The quantitative estimate of drug-likeness (QED) is 0.244. The molecular weight excluding hydrogens is 624 g/mol. The van der Waals surface area contributed by atoms with Crippen LogP contribution < -0.4 is 10.6 Å². The van der Waals surface area contributed by atoms with Crippen molar-refractivity contribution >= 4 is 11.8 Å². The number of likely N-dealkylation sites (N-methyl/N-ethyl adjacent to an activating group) is 1. The molecule has 11 heteroatoms. The molecule has 0 aromatic carbocycles.